The second-order valence-electron chi connectivity index (χ2n) is 5.65. The normalized spacial score (nSPS) is 10.9. The fourth-order valence-corrected chi connectivity index (χ4v) is 3.44. The summed E-state index contributed by atoms with van der Waals surface area (Å²) in [5.41, 5.74) is 1.21. The third-order valence-electron chi connectivity index (χ3n) is 3.96. The van der Waals surface area contributed by atoms with Gasteiger partial charge in [0, 0.05) is 16.8 Å². The highest BCUT2D eigenvalue weighted by Crippen LogP contribution is 2.26. The van der Waals surface area contributed by atoms with Gasteiger partial charge in [-0.3, -0.25) is 0 Å². The monoisotopic (exact) mass is 349 g/mol. The molecule has 0 fully saturated rings. The molecule has 0 bridgehead atoms. The van der Waals surface area contributed by atoms with Gasteiger partial charge in [0.15, 0.2) is 5.82 Å². The molecule has 0 aliphatic heterocycles. The van der Waals surface area contributed by atoms with Crippen LogP contribution in [0.25, 0.3) is 22.3 Å². The number of halogens is 1. The molecule has 0 amide bonds. The molecule has 0 aliphatic rings. The van der Waals surface area contributed by atoms with Crippen LogP contribution >= 0.6 is 11.3 Å². The van der Waals surface area contributed by atoms with Crippen molar-refractivity contribution in [2.45, 2.75) is 6.42 Å². The number of nitrogens with one attached hydrogen (secondary N) is 1. The minimum absolute atomic E-state index is 0.317. The molecule has 2 aromatic heterocycles. The van der Waals surface area contributed by atoms with Gasteiger partial charge < -0.3 is 5.32 Å². The Kier molecular flexibility index (Phi) is 4.39. The fraction of sp³-hybridized carbons (Fsp3) is 0.100. The lowest BCUT2D eigenvalue weighted by atomic mass is 10.1. The molecule has 4 rings (SSSR count). The van der Waals surface area contributed by atoms with E-state index in [1.807, 2.05) is 24.3 Å². The van der Waals surface area contributed by atoms with Gasteiger partial charge in [-0.1, -0.05) is 30.3 Å². The molecule has 5 heteroatoms. The van der Waals surface area contributed by atoms with Crippen molar-refractivity contribution in [1.82, 2.24) is 9.97 Å². The van der Waals surface area contributed by atoms with Crippen LogP contribution in [0.1, 0.15) is 4.88 Å². The minimum Gasteiger partial charge on any atom is -0.369 e. The van der Waals surface area contributed by atoms with Gasteiger partial charge in [-0.25, -0.2) is 14.4 Å². The Hall–Kier alpha value is -2.79. The first kappa shape index (κ1) is 15.7. The summed E-state index contributed by atoms with van der Waals surface area (Å²) in [6.07, 6.45) is 0.922. The zero-order chi connectivity index (χ0) is 17.1. The Morgan fingerprint density at radius 3 is 2.60 bits per heavy atom. The molecule has 25 heavy (non-hydrogen) atoms. The molecule has 3 nitrogen and oxygen atoms in total. The molecule has 0 aliphatic carbocycles. The summed E-state index contributed by atoms with van der Waals surface area (Å²) >= 11 is 1.74. The van der Waals surface area contributed by atoms with E-state index in [9.17, 15) is 4.39 Å². The zero-order valence-electron chi connectivity index (χ0n) is 13.4. The molecule has 0 spiro atoms. The van der Waals surface area contributed by atoms with Gasteiger partial charge in [0.05, 0.1) is 11.1 Å². The van der Waals surface area contributed by atoms with Crippen molar-refractivity contribution in [2.75, 3.05) is 11.9 Å². The van der Waals surface area contributed by atoms with Crippen molar-refractivity contribution >= 4 is 28.1 Å². The second kappa shape index (κ2) is 6.99. The second-order valence-corrected chi connectivity index (χ2v) is 6.68. The topological polar surface area (TPSA) is 37.8 Å². The van der Waals surface area contributed by atoms with Gasteiger partial charge in [-0.2, -0.15) is 0 Å². The van der Waals surface area contributed by atoms with Crippen LogP contribution in [0.4, 0.5) is 10.2 Å². The number of benzene rings is 2. The Labute approximate surface area is 149 Å². The van der Waals surface area contributed by atoms with Crippen molar-refractivity contribution in [3.63, 3.8) is 0 Å². The third kappa shape index (κ3) is 3.37. The average Bonchev–Trinajstić information content (AvgIpc) is 3.15. The summed E-state index contributed by atoms with van der Waals surface area (Å²) in [4.78, 5) is 10.4. The quantitative estimate of drug-likeness (QED) is 0.541. The maximum absolute atomic E-state index is 14.1. The van der Waals surface area contributed by atoms with Crippen LogP contribution in [0, 0.1) is 5.82 Å². The zero-order valence-corrected chi connectivity index (χ0v) is 14.3. The number of fused-ring (bicyclic) bond motifs is 1. The van der Waals surface area contributed by atoms with Gasteiger partial charge >= 0.3 is 0 Å². The van der Waals surface area contributed by atoms with E-state index in [0.717, 1.165) is 29.7 Å². The maximum atomic E-state index is 14.1. The average molecular weight is 349 g/mol. The Morgan fingerprint density at radius 1 is 0.920 bits per heavy atom. The Morgan fingerprint density at radius 2 is 1.76 bits per heavy atom. The van der Waals surface area contributed by atoms with Gasteiger partial charge in [0.25, 0.3) is 0 Å². The van der Waals surface area contributed by atoms with E-state index < -0.39 is 0 Å². The number of thiophene rings is 1. The third-order valence-corrected chi connectivity index (χ3v) is 4.90. The molecule has 0 saturated heterocycles. The number of nitrogens with zero attached hydrogens (tertiary/aromatic N) is 2. The highest BCUT2D eigenvalue weighted by Gasteiger charge is 2.12. The van der Waals surface area contributed by atoms with Crippen molar-refractivity contribution < 1.29 is 4.39 Å². The molecule has 124 valence electrons. The first-order chi connectivity index (χ1) is 12.3. The molecule has 0 atom stereocenters. The van der Waals surface area contributed by atoms with Crippen molar-refractivity contribution in [1.29, 1.82) is 0 Å². The molecular formula is C20H16FN3S. The van der Waals surface area contributed by atoms with Crippen LogP contribution in [0.5, 0.6) is 0 Å². The van der Waals surface area contributed by atoms with Crippen molar-refractivity contribution in [2.24, 2.45) is 0 Å². The molecule has 0 saturated carbocycles. The predicted molar refractivity (Wildman–Crippen MR) is 101 cm³/mol. The lowest BCUT2D eigenvalue weighted by Gasteiger charge is -2.11. The molecule has 1 N–H and O–H groups in total. The predicted octanol–water partition coefficient (Wildman–Crippen LogP) is 5.15. The van der Waals surface area contributed by atoms with Gasteiger partial charge in [0.2, 0.25) is 0 Å². The van der Waals surface area contributed by atoms with Crippen LogP contribution in [0.2, 0.25) is 0 Å². The summed E-state index contributed by atoms with van der Waals surface area (Å²) in [5.74, 6) is 0.818. The molecular weight excluding hydrogens is 333 g/mol. The number of anilines is 1. The first-order valence-electron chi connectivity index (χ1n) is 8.09. The van der Waals surface area contributed by atoms with Crippen molar-refractivity contribution in [3.8, 4) is 11.4 Å². The van der Waals surface area contributed by atoms with Crippen LogP contribution in [0.15, 0.2) is 66.0 Å². The smallest absolute Gasteiger partial charge is 0.165 e. The Bertz CT molecular complexity index is 999. The molecule has 2 aromatic carbocycles. The van der Waals surface area contributed by atoms with Crippen LogP contribution in [0.3, 0.4) is 0 Å². The minimum atomic E-state index is -0.317. The van der Waals surface area contributed by atoms with Gasteiger partial charge in [-0.15, -0.1) is 11.3 Å². The number of para-hydroxylation sites is 1. The van der Waals surface area contributed by atoms with Crippen LogP contribution in [-0.4, -0.2) is 16.5 Å². The number of aromatic nitrogens is 2. The summed E-state index contributed by atoms with van der Waals surface area (Å²) in [6.45, 7) is 0.762. The SMILES string of the molecule is Fc1ccccc1-c1nc(NCCc2cccs2)c2ccccc2n1. The number of hydrogen-bond acceptors (Lipinski definition) is 4. The van der Waals surface area contributed by atoms with E-state index in [1.165, 1.54) is 10.9 Å². The van der Waals surface area contributed by atoms with E-state index in [2.05, 4.69) is 32.8 Å². The van der Waals surface area contributed by atoms with Crippen LogP contribution in [-0.2, 0) is 6.42 Å². The summed E-state index contributed by atoms with van der Waals surface area (Å²) in [6, 6.07) is 18.5. The lowest BCUT2D eigenvalue weighted by Crippen LogP contribution is -2.07. The van der Waals surface area contributed by atoms with Crippen molar-refractivity contribution in [3.05, 3.63) is 76.7 Å². The molecule has 2 heterocycles. The highest BCUT2D eigenvalue weighted by molar-refractivity contribution is 7.09. The van der Waals surface area contributed by atoms with Crippen LogP contribution < -0.4 is 5.32 Å². The van der Waals surface area contributed by atoms with Gasteiger partial charge in [0.1, 0.15) is 11.6 Å². The van der Waals surface area contributed by atoms with E-state index in [1.54, 1.807) is 29.5 Å². The van der Waals surface area contributed by atoms with E-state index >= 15 is 0 Å². The number of hydrogen-bond donors (Lipinski definition) is 1. The number of rotatable bonds is 5. The van der Waals surface area contributed by atoms with E-state index in [-0.39, 0.29) is 5.82 Å². The fourth-order valence-electron chi connectivity index (χ4n) is 2.73. The highest BCUT2D eigenvalue weighted by atomic mass is 32.1. The lowest BCUT2D eigenvalue weighted by molar-refractivity contribution is 0.630. The molecule has 0 radical (unpaired) electrons. The van der Waals surface area contributed by atoms with Gasteiger partial charge in [-0.05, 0) is 42.1 Å². The van der Waals surface area contributed by atoms with E-state index in [0.29, 0.717) is 11.4 Å². The summed E-state index contributed by atoms with van der Waals surface area (Å²) in [7, 11) is 0. The molecule has 4 aromatic rings. The largest absolute Gasteiger partial charge is 0.369 e. The maximum Gasteiger partial charge on any atom is 0.165 e. The summed E-state index contributed by atoms with van der Waals surface area (Å²) < 4.78 is 14.1. The standard InChI is InChI=1S/C20H16FN3S/c21-17-9-3-1-7-15(17)20-23-18-10-4-2-8-16(18)19(24-20)22-12-11-14-6-5-13-25-14/h1-10,13H,11-12H2,(H,22,23,24). The Balaban J connectivity index is 1.70. The van der Waals surface area contributed by atoms with E-state index in [4.69, 9.17) is 0 Å². The summed E-state index contributed by atoms with van der Waals surface area (Å²) in [5, 5.41) is 6.40. The first-order valence-corrected chi connectivity index (χ1v) is 8.97. The molecule has 0 unspecified atom stereocenters.